The van der Waals surface area contributed by atoms with Gasteiger partial charge in [-0.05, 0) is 54.6 Å². The quantitative estimate of drug-likeness (QED) is 0.163. The summed E-state index contributed by atoms with van der Waals surface area (Å²) in [5, 5.41) is 1.32. The van der Waals surface area contributed by atoms with Crippen molar-refractivity contribution in [2.75, 3.05) is 5.73 Å². The number of aromatic amines is 1. The Kier molecular flexibility index (Phi) is 7.51. The molecule has 0 radical (unpaired) electrons. The first-order valence-electron chi connectivity index (χ1n) is 9.51. The maximum absolute atomic E-state index is 13.0. The van der Waals surface area contributed by atoms with Gasteiger partial charge in [0.25, 0.3) is 21.9 Å². The normalized spacial score (nSPS) is 10.8. The number of hydrogen-bond donors (Lipinski definition) is 5. The number of nitrogen functional groups attached to an aromatic ring is 1. The Morgan fingerprint density at radius 3 is 2.24 bits per heavy atom. The fourth-order valence-corrected chi connectivity index (χ4v) is 3.49. The molecule has 0 aliphatic heterocycles. The second-order valence-electron chi connectivity index (χ2n) is 6.84. The Morgan fingerprint density at radius 2 is 1.62 bits per heavy atom. The van der Waals surface area contributed by atoms with E-state index in [2.05, 4.69) is 15.8 Å². The number of hydrogen-bond acceptors (Lipinski definition) is 5. The zero-order valence-corrected chi connectivity index (χ0v) is 18.8. The summed E-state index contributed by atoms with van der Waals surface area (Å²) in [4.78, 5) is 26.9. The van der Waals surface area contributed by atoms with Gasteiger partial charge in [-0.1, -0.05) is 29.8 Å². The molecule has 12 heteroatoms. The number of hydrazine groups is 1. The van der Waals surface area contributed by atoms with E-state index < -0.39 is 27.7 Å². The van der Waals surface area contributed by atoms with Gasteiger partial charge in [0, 0.05) is 21.6 Å². The van der Waals surface area contributed by atoms with E-state index >= 15 is 0 Å². The molecule has 1 aromatic heterocycles. The molecular formula is C22H18ClFN4O5S. The van der Waals surface area contributed by atoms with E-state index in [9.17, 15) is 22.4 Å². The minimum absolute atomic E-state index is 0.0259. The summed E-state index contributed by atoms with van der Waals surface area (Å²) in [5.41, 5.74) is 11.1. The van der Waals surface area contributed by atoms with Gasteiger partial charge >= 0.3 is 0 Å². The van der Waals surface area contributed by atoms with Crippen molar-refractivity contribution in [3.63, 3.8) is 0 Å². The van der Waals surface area contributed by atoms with Crippen molar-refractivity contribution in [1.82, 2.24) is 15.8 Å². The molecule has 0 aliphatic carbocycles. The lowest BCUT2D eigenvalue weighted by atomic mass is 10.1. The molecule has 0 saturated heterocycles. The van der Waals surface area contributed by atoms with Crippen LogP contribution in [0.2, 0.25) is 5.02 Å². The molecule has 0 atom stereocenters. The second kappa shape index (κ2) is 10.3. The third-order valence-corrected chi connectivity index (χ3v) is 5.52. The summed E-state index contributed by atoms with van der Waals surface area (Å²) in [6.07, 6.45) is 0. The highest BCUT2D eigenvalue weighted by Crippen LogP contribution is 2.20. The maximum atomic E-state index is 13.0. The van der Waals surface area contributed by atoms with Crippen molar-refractivity contribution < 1.29 is 27.0 Å². The predicted octanol–water partition coefficient (Wildman–Crippen LogP) is 3.55. The second-order valence-corrected chi connectivity index (χ2v) is 8.70. The van der Waals surface area contributed by atoms with Crippen LogP contribution in [0.4, 0.5) is 10.1 Å². The van der Waals surface area contributed by atoms with Gasteiger partial charge in [0.15, 0.2) is 0 Å². The van der Waals surface area contributed by atoms with Crippen molar-refractivity contribution in [3.8, 4) is 0 Å². The molecule has 0 aliphatic rings. The summed E-state index contributed by atoms with van der Waals surface area (Å²) in [5.74, 6) is -1.75. The van der Waals surface area contributed by atoms with Gasteiger partial charge in [0.05, 0.1) is 10.5 Å². The number of aromatic nitrogens is 1. The first kappa shape index (κ1) is 24.7. The molecule has 0 saturated carbocycles. The van der Waals surface area contributed by atoms with Gasteiger partial charge in [0.2, 0.25) is 0 Å². The Hall–Kier alpha value is -3.93. The molecule has 176 valence electrons. The van der Waals surface area contributed by atoms with Crippen molar-refractivity contribution in [3.05, 3.63) is 94.9 Å². The molecule has 0 fully saturated rings. The molecule has 3 aromatic carbocycles. The summed E-state index contributed by atoms with van der Waals surface area (Å²) >= 11 is 5.89. The smallest absolute Gasteiger partial charge is 0.294 e. The highest BCUT2D eigenvalue weighted by molar-refractivity contribution is 7.85. The molecular weight excluding hydrogens is 487 g/mol. The van der Waals surface area contributed by atoms with Crippen LogP contribution in [0.1, 0.15) is 20.8 Å². The van der Waals surface area contributed by atoms with E-state index in [1.54, 1.807) is 42.5 Å². The van der Waals surface area contributed by atoms with E-state index in [1.165, 1.54) is 18.2 Å². The van der Waals surface area contributed by atoms with Crippen LogP contribution in [0, 0.1) is 5.82 Å². The van der Waals surface area contributed by atoms with Crippen molar-refractivity contribution >= 4 is 50.1 Å². The lowest BCUT2D eigenvalue weighted by Gasteiger charge is -2.08. The first-order valence-corrected chi connectivity index (χ1v) is 11.3. The van der Waals surface area contributed by atoms with Crippen LogP contribution in [0.3, 0.4) is 0 Å². The number of anilines is 1. The van der Waals surface area contributed by atoms with Crippen molar-refractivity contribution in [2.45, 2.75) is 4.90 Å². The Morgan fingerprint density at radius 1 is 0.941 bits per heavy atom. The Labute approximate surface area is 198 Å². The minimum Gasteiger partial charge on any atom is -0.398 e. The summed E-state index contributed by atoms with van der Waals surface area (Å²) in [7, 11) is -4.00. The van der Waals surface area contributed by atoms with Crippen LogP contribution in [-0.2, 0) is 10.1 Å². The SMILES string of the molecule is Nc1cc(F)ccc1C(=O)NNC(=O)c1cc2cc(Cl)ccc2[nH]1.O=S(=O)(O)c1ccccc1. The number of fused-ring (bicyclic) bond motifs is 1. The Bertz CT molecular complexity index is 1460. The number of benzene rings is 3. The lowest BCUT2D eigenvalue weighted by Crippen LogP contribution is -2.42. The number of halogens is 2. The van der Waals surface area contributed by atoms with Gasteiger partial charge < -0.3 is 10.7 Å². The van der Waals surface area contributed by atoms with Crippen molar-refractivity contribution in [2.24, 2.45) is 0 Å². The minimum atomic E-state index is -4.00. The maximum Gasteiger partial charge on any atom is 0.294 e. The van der Waals surface area contributed by atoms with Gasteiger partial charge in [-0.3, -0.25) is 25.0 Å². The number of H-pyrrole nitrogens is 1. The molecule has 9 nitrogen and oxygen atoms in total. The average Bonchev–Trinajstić information content (AvgIpc) is 3.21. The molecule has 6 N–H and O–H groups in total. The highest BCUT2D eigenvalue weighted by Gasteiger charge is 2.14. The number of nitrogens with two attached hydrogens (primary N) is 1. The van der Waals surface area contributed by atoms with Crippen LogP contribution in [0.25, 0.3) is 10.9 Å². The third-order valence-electron chi connectivity index (χ3n) is 4.42. The standard InChI is InChI=1S/C16H12ClFN4O2.C6H6O3S/c17-9-1-4-13-8(5-9)6-14(20-13)16(24)22-21-15(23)11-3-2-10(18)7-12(11)19;7-10(8,9)6-4-2-1-3-5-6/h1-7,20H,19H2,(H,21,23)(H,22,24);1-5H,(H,7,8,9). The van der Waals surface area contributed by atoms with E-state index in [0.717, 1.165) is 23.0 Å². The van der Waals surface area contributed by atoms with Gasteiger partial charge in [-0.15, -0.1) is 0 Å². The van der Waals surface area contributed by atoms with Crippen LogP contribution >= 0.6 is 11.6 Å². The lowest BCUT2D eigenvalue weighted by molar-refractivity contribution is 0.0845. The van der Waals surface area contributed by atoms with Gasteiger partial charge in [-0.2, -0.15) is 8.42 Å². The topological polar surface area (TPSA) is 154 Å². The zero-order valence-electron chi connectivity index (χ0n) is 17.2. The first-order chi connectivity index (χ1) is 16.0. The largest absolute Gasteiger partial charge is 0.398 e. The van der Waals surface area contributed by atoms with Crippen LogP contribution in [0.15, 0.2) is 77.7 Å². The van der Waals surface area contributed by atoms with Crippen LogP contribution in [0.5, 0.6) is 0 Å². The van der Waals surface area contributed by atoms with E-state index in [-0.39, 0.29) is 21.8 Å². The Balaban J connectivity index is 0.000000271. The fourth-order valence-electron chi connectivity index (χ4n) is 2.81. The number of amides is 2. The van der Waals surface area contributed by atoms with Crippen LogP contribution in [-0.4, -0.2) is 29.8 Å². The number of carbonyl (C=O) groups excluding carboxylic acids is 2. The number of carbonyl (C=O) groups is 2. The molecule has 4 aromatic rings. The van der Waals surface area contributed by atoms with Crippen molar-refractivity contribution in [1.29, 1.82) is 0 Å². The van der Waals surface area contributed by atoms with Gasteiger partial charge in [-0.25, -0.2) is 4.39 Å². The number of nitrogens with one attached hydrogen (secondary N) is 3. The molecule has 0 unspecified atom stereocenters. The molecule has 0 spiro atoms. The summed E-state index contributed by atoms with van der Waals surface area (Å²) in [6.45, 7) is 0. The number of rotatable bonds is 3. The molecule has 4 rings (SSSR count). The van der Waals surface area contributed by atoms with Crippen LogP contribution < -0.4 is 16.6 Å². The third kappa shape index (κ3) is 6.32. The molecule has 34 heavy (non-hydrogen) atoms. The monoisotopic (exact) mass is 504 g/mol. The fraction of sp³-hybridized carbons (Fsp3) is 0. The predicted molar refractivity (Wildman–Crippen MR) is 125 cm³/mol. The van der Waals surface area contributed by atoms with E-state index in [4.69, 9.17) is 21.9 Å². The molecule has 1 heterocycles. The van der Waals surface area contributed by atoms with E-state index in [1.807, 2.05) is 0 Å². The highest BCUT2D eigenvalue weighted by atomic mass is 35.5. The summed E-state index contributed by atoms with van der Waals surface area (Å²) in [6, 6.07) is 17.5. The van der Waals surface area contributed by atoms with Gasteiger partial charge in [0.1, 0.15) is 11.5 Å². The van der Waals surface area contributed by atoms with E-state index in [0.29, 0.717) is 5.02 Å². The average molecular weight is 505 g/mol. The molecule has 0 bridgehead atoms. The molecule has 2 amide bonds. The zero-order chi connectivity index (χ0) is 24.9. The summed E-state index contributed by atoms with van der Waals surface area (Å²) < 4.78 is 42.2.